The molecule has 0 aliphatic heterocycles. The lowest BCUT2D eigenvalue weighted by atomic mass is 9.98. The minimum Gasteiger partial charge on any atom is -0.349 e. The highest BCUT2D eigenvalue weighted by Gasteiger charge is 2.19. The molecule has 0 radical (unpaired) electrons. The van der Waals surface area contributed by atoms with Gasteiger partial charge < -0.3 is 15.6 Å². The van der Waals surface area contributed by atoms with Gasteiger partial charge in [0.25, 0.3) is 5.91 Å². The Bertz CT molecular complexity index is 1420. The normalized spacial score (nSPS) is 12.0. The third-order valence-corrected chi connectivity index (χ3v) is 6.35. The summed E-state index contributed by atoms with van der Waals surface area (Å²) in [5.74, 6) is -0.955. The van der Waals surface area contributed by atoms with Gasteiger partial charge in [0, 0.05) is 21.3 Å². The van der Waals surface area contributed by atoms with E-state index in [2.05, 4.69) is 53.1 Å². The Kier molecular flexibility index (Phi) is 7.50. The van der Waals surface area contributed by atoms with Gasteiger partial charge in [0.15, 0.2) is 5.82 Å². The Morgan fingerprint density at radius 2 is 1.91 bits per heavy atom. The minimum absolute atomic E-state index is 0.0184. The van der Waals surface area contributed by atoms with E-state index in [1.807, 2.05) is 25.1 Å². The summed E-state index contributed by atoms with van der Waals surface area (Å²) in [5.41, 5.74) is 2.55. The number of fused-ring (bicyclic) bond motifs is 1. The number of anilines is 2. The second kappa shape index (κ2) is 10.7. The van der Waals surface area contributed by atoms with Crippen LogP contribution < -0.4 is 16.4 Å². The van der Waals surface area contributed by atoms with E-state index < -0.39 is 5.76 Å². The van der Waals surface area contributed by atoms with Crippen molar-refractivity contribution in [2.24, 2.45) is 5.92 Å². The standard InChI is InChI=1S/C25H26BrN5O4/c1-3-5-7-14(4-2)23(32)29-19-9-6-8-15-12-20(27-21(15)19)24(33)28-18-11-10-16(26)13-17(18)22-30-25(34)35-31-22/h6,8-14,27H,3-5,7H2,1-2H3,(H,28,33)(H,29,32)(H,30,31,34). The van der Waals surface area contributed by atoms with Crippen LogP contribution in [0.25, 0.3) is 22.3 Å². The molecular formula is C25H26BrN5O4. The third-order valence-electron chi connectivity index (χ3n) is 5.85. The van der Waals surface area contributed by atoms with Crippen LogP contribution in [0.3, 0.4) is 0 Å². The predicted octanol–water partition coefficient (Wildman–Crippen LogP) is 5.68. The van der Waals surface area contributed by atoms with Crippen molar-refractivity contribution >= 4 is 50.0 Å². The summed E-state index contributed by atoms with van der Waals surface area (Å²) >= 11 is 3.39. The molecule has 4 rings (SSSR count). The van der Waals surface area contributed by atoms with Crippen LogP contribution in [-0.4, -0.2) is 26.9 Å². The molecule has 1 unspecified atom stereocenters. The van der Waals surface area contributed by atoms with Gasteiger partial charge in [0.1, 0.15) is 5.69 Å². The average molecular weight is 540 g/mol. The first kappa shape index (κ1) is 24.5. The molecule has 2 aromatic carbocycles. The predicted molar refractivity (Wildman–Crippen MR) is 138 cm³/mol. The number of halogens is 1. The van der Waals surface area contributed by atoms with Crippen molar-refractivity contribution in [2.45, 2.75) is 39.5 Å². The fraction of sp³-hybridized carbons (Fsp3) is 0.280. The molecular weight excluding hydrogens is 514 g/mol. The van der Waals surface area contributed by atoms with Gasteiger partial charge in [-0.3, -0.25) is 19.1 Å². The van der Waals surface area contributed by atoms with Gasteiger partial charge in [-0.25, -0.2) is 4.79 Å². The second-order valence-electron chi connectivity index (χ2n) is 8.28. The monoisotopic (exact) mass is 539 g/mol. The zero-order valence-electron chi connectivity index (χ0n) is 19.4. The summed E-state index contributed by atoms with van der Waals surface area (Å²) in [7, 11) is 0. The van der Waals surface area contributed by atoms with Crippen LogP contribution in [0.1, 0.15) is 50.0 Å². The lowest BCUT2D eigenvalue weighted by molar-refractivity contribution is -0.120. The summed E-state index contributed by atoms with van der Waals surface area (Å²) in [5, 5.41) is 10.4. The molecule has 0 aliphatic carbocycles. The van der Waals surface area contributed by atoms with Crippen molar-refractivity contribution in [3.8, 4) is 11.4 Å². The van der Waals surface area contributed by atoms with Gasteiger partial charge in [-0.2, -0.15) is 0 Å². The molecule has 0 saturated carbocycles. The molecule has 10 heteroatoms. The first-order chi connectivity index (χ1) is 16.9. The summed E-state index contributed by atoms with van der Waals surface area (Å²) in [4.78, 5) is 43.0. The Balaban J connectivity index is 1.59. The van der Waals surface area contributed by atoms with Gasteiger partial charge in [-0.1, -0.05) is 59.9 Å². The third kappa shape index (κ3) is 5.54. The fourth-order valence-corrected chi connectivity index (χ4v) is 4.31. The minimum atomic E-state index is -0.692. The number of nitrogens with one attached hydrogen (secondary N) is 4. The number of nitrogens with zero attached hydrogens (tertiary/aromatic N) is 1. The van der Waals surface area contributed by atoms with Crippen LogP contribution >= 0.6 is 15.9 Å². The Morgan fingerprint density at radius 1 is 1.09 bits per heavy atom. The molecule has 0 fully saturated rings. The molecule has 4 N–H and O–H groups in total. The number of amides is 2. The van der Waals surface area contributed by atoms with Crippen molar-refractivity contribution < 1.29 is 14.1 Å². The number of aromatic nitrogens is 3. The zero-order valence-corrected chi connectivity index (χ0v) is 21.0. The summed E-state index contributed by atoms with van der Waals surface area (Å²) < 4.78 is 5.35. The van der Waals surface area contributed by atoms with E-state index in [-0.39, 0.29) is 23.6 Å². The van der Waals surface area contributed by atoms with Crippen LogP contribution in [-0.2, 0) is 4.79 Å². The summed E-state index contributed by atoms with van der Waals surface area (Å²) in [6, 6.07) is 12.4. The van der Waals surface area contributed by atoms with Crippen molar-refractivity contribution in [3.05, 3.63) is 63.2 Å². The number of unbranched alkanes of at least 4 members (excludes halogenated alkanes) is 1. The van der Waals surface area contributed by atoms with Crippen molar-refractivity contribution in [1.29, 1.82) is 0 Å². The SMILES string of the molecule is CCCCC(CC)C(=O)Nc1cccc2cc(C(=O)Nc3ccc(Br)cc3-c3noc(=O)[nH]3)[nH]c12. The molecule has 9 nitrogen and oxygen atoms in total. The summed E-state index contributed by atoms with van der Waals surface area (Å²) in [6.45, 7) is 4.13. The van der Waals surface area contributed by atoms with E-state index in [9.17, 15) is 14.4 Å². The van der Waals surface area contributed by atoms with Crippen LogP contribution in [0.4, 0.5) is 11.4 Å². The van der Waals surface area contributed by atoms with E-state index in [0.29, 0.717) is 28.1 Å². The van der Waals surface area contributed by atoms with Crippen molar-refractivity contribution in [1.82, 2.24) is 15.1 Å². The number of hydrogen-bond acceptors (Lipinski definition) is 5. The number of H-pyrrole nitrogens is 2. The maximum atomic E-state index is 13.1. The van der Waals surface area contributed by atoms with E-state index in [1.54, 1.807) is 24.3 Å². The molecule has 4 aromatic rings. The fourth-order valence-electron chi connectivity index (χ4n) is 3.95. The van der Waals surface area contributed by atoms with Gasteiger partial charge in [-0.15, -0.1) is 0 Å². The molecule has 0 bridgehead atoms. The number of aromatic amines is 2. The molecule has 0 aliphatic rings. The molecule has 1 atom stereocenters. The maximum Gasteiger partial charge on any atom is 0.439 e. The maximum absolute atomic E-state index is 13.1. The van der Waals surface area contributed by atoms with Crippen LogP contribution in [0.2, 0.25) is 0 Å². The Morgan fingerprint density at radius 3 is 2.63 bits per heavy atom. The quantitative estimate of drug-likeness (QED) is 0.217. The number of carbonyl (C=O) groups is 2. The molecule has 0 saturated heterocycles. The second-order valence-corrected chi connectivity index (χ2v) is 9.19. The van der Waals surface area contributed by atoms with E-state index in [1.165, 1.54) is 0 Å². The highest BCUT2D eigenvalue weighted by atomic mass is 79.9. The number of benzene rings is 2. The number of para-hydroxylation sites is 1. The van der Waals surface area contributed by atoms with E-state index in [0.717, 1.165) is 35.5 Å². The average Bonchev–Trinajstić information content (AvgIpc) is 3.48. The van der Waals surface area contributed by atoms with Crippen molar-refractivity contribution in [3.63, 3.8) is 0 Å². The first-order valence-electron chi connectivity index (χ1n) is 11.5. The number of carbonyl (C=O) groups excluding carboxylic acids is 2. The number of rotatable bonds is 9. The van der Waals surface area contributed by atoms with Crippen LogP contribution in [0.5, 0.6) is 0 Å². The lowest BCUT2D eigenvalue weighted by Gasteiger charge is -2.15. The largest absolute Gasteiger partial charge is 0.439 e. The van der Waals surface area contributed by atoms with Crippen molar-refractivity contribution in [2.75, 3.05) is 10.6 Å². The van der Waals surface area contributed by atoms with Gasteiger partial charge in [0.2, 0.25) is 5.91 Å². The molecule has 182 valence electrons. The Labute approximate surface area is 209 Å². The first-order valence-corrected chi connectivity index (χ1v) is 12.3. The van der Waals surface area contributed by atoms with Gasteiger partial charge >= 0.3 is 5.76 Å². The topological polar surface area (TPSA) is 133 Å². The molecule has 0 spiro atoms. The van der Waals surface area contributed by atoms with E-state index >= 15 is 0 Å². The molecule has 35 heavy (non-hydrogen) atoms. The van der Waals surface area contributed by atoms with Gasteiger partial charge in [-0.05, 0) is 43.2 Å². The number of hydrogen-bond donors (Lipinski definition) is 4. The highest BCUT2D eigenvalue weighted by Crippen LogP contribution is 2.30. The molecule has 2 heterocycles. The van der Waals surface area contributed by atoms with Crippen LogP contribution in [0.15, 0.2) is 56.3 Å². The van der Waals surface area contributed by atoms with E-state index in [4.69, 9.17) is 0 Å². The lowest BCUT2D eigenvalue weighted by Crippen LogP contribution is -2.22. The summed E-state index contributed by atoms with van der Waals surface area (Å²) in [6.07, 6.45) is 3.66. The smallest absolute Gasteiger partial charge is 0.349 e. The zero-order chi connectivity index (χ0) is 24.9. The Hall–Kier alpha value is -3.66. The molecule has 2 amide bonds. The van der Waals surface area contributed by atoms with Gasteiger partial charge in [0.05, 0.1) is 16.9 Å². The van der Waals surface area contributed by atoms with Crippen LogP contribution in [0, 0.1) is 5.92 Å². The molecule has 2 aromatic heterocycles. The highest BCUT2D eigenvalue weighted by molar-refractivity contribution is 9.10.